The van der Waals surface area contributed by atoms with E-state index in [0.717, 1.165) is 27.2 Å². The van der Waals surface area contributed by atoms with Crippen molar-refractivity contribution < 1.29 is 148 Å². The molecule has 0 unspecified atom stereocenters. The number of phenols is 1. The molecule has 0 bridgehead atoms. The Morgan fingerprint density at radius 1 is 0.769 bits per heavy atom. The van der Waals surface area contributed by atoms with Crippen molar-refractivity contribution in [3.63, 3.8) is 0 Å². The van der Waals surface area contributed by atoms with Gasteiger partial charge in [0.2, 0.25) is 0 Å². The molecule has 52 heavy (non-hydrogen) atoms. The number of carbonyl (C=O) groups is 3. The number of fused-ring (bicyclic) bond motifs is 2. The third-order valence-corrected chi connectivity index (χ3v) is 6.70. The van der Waals surface area contributed by atoms with Crippen LogP contribution in [0.5, 0.6) is 11.5 Å². The number of phenolic OH excluding ortho intramolecular Hbond substituents is 1. The van der Waals surface area contributed by atoms with Crippen molar-refractivity contribution in [3.8, 4) is 11.5 Å². The minimum atomic E-state index is -0.545. The molecule has 4 rings (SSSR count). The third kappa shape index (κ3) is 22.6. The van der Waals surface area contributed by atoms with Gasteiger partial charge in [-0.2, -0.15) is 0 Å². The predicted molar refractivity (Wildman–Crippen MR) is 205 cm³/mol. The number of halogens is 3. The van der Waals surface area contributed by atoms with Gasteiger partial charge in [-0.05, 0) is 65.8 Å². The maximum atomic E-state index is 11.9. The van der Waals surface area contributed by atoms with E-state index in [2.05, 4.69) is 31.5 Å². The molecular weight excluding hydrogens is 833 g/mol. The fraction of sp³-hybridized carbons (Fsp3) is 0.361. The van der Waals surface area contributed by atoms with Gasteiger partial charge in [0.05, 0.1) is 17.3 Å². The molecule has 4 aromatic rings. The molecule has 16 heteroatoms. The first-order chi connectivity index (χ1) is 23.1. The second kappa shape index (κ2) is 29.6. The minimum Gasteiger partial charge on any atom is -1.00 e. The van der Waals surface area contributed by atoms with Crippen LogP contribution in [0, 0.1) is 0 Å². The molecule has 0 saturated heterocycles. The molecule has 4 aromatic carbocycles. The van der Waals surface area contributed by atoms with Crippen LogP contribution in [0.4, 0.5) is 21.0 Å². The average Bonchev–Trinajstić information content (AvgIpc) is 3.04. The number of hydrogen-bond donors (Lipinski definition) is 3. The Bertz CT molecular complexity index is 1640. The maximum absolute atomic E-state index is 11.9. The molecule has 3 N–H and O–H groups in total. The van der Waals surface area contributed by atoms with Crippen molar-refractivity contribution in [2.24, 2.45) is 0 Å². The van der Waals surface area contributed by atoms with Crippen molar-refractivity contribution in [1.29, 1.82) is 0 Å². The molecule has 0 aliphatic heterocycles. The molecule has 0 aliphatic carbocycles. The quantitative estimate of drug-likeness (QED) is 0.0632. The van der Waals surface area contributed by atoms with Crippen LogP contribution in [0.15, 0.2) is 72.8 Å². The molecule has 278 valence electrons. The summed E-state index contributed by atoms with van der Waals surface area (Å²) >= 11 is 13.9. The SMILES string of the molecule is C.CC(C)(C)OC(=O)Nc1ccc(O)c2ccccc12.CC(C)(C)OC(=O)Nc1ccc(OCCCl)c2ccccc12.ClCCBr.O=CO[O-].[H-].[K+].[K+]. The summed E-state index contributed by atoms with van der Waals surface area (Å²) in [5, 5.41) is 27.8. The van der Waals surface area contributed by atoms with Gasteiger partial charge in [-0.25, -0.2) is 9.59 Å². The Labute approximate surface area is 411 Å². The van der Waals surface area contributed by atoms with Crippen molar-refractivity contribution in [2.45, 2.75) is 60.2 Å². The summed E-state index contributed by atoms with van der Waals surface area (Å²) in [4.78, 5) is 35.0. The molecule has 0 aromatic heterocycles. The Morgan fingerprint density at radius 3 is 1.54 bits per heavy atom. The topological polar surface area (TPSA) is 155 Å². The number of ether oxygens (including phenoxy) is 3. The average molecular weight is 881 g/mol. The van der Waals surface area contributed by atoms with Crippen LogP contribution in [-0.4, -0.2) is 58.7 Å². The smallest absolute Gasteiger partial charge is 1.00 e. The molecule has 0 aliphatic rings. The zero-order valence-electron chi connectivity index (χ0n) is 31.2. The van der Waals surface area contributed by atoms with Crippen LogP contribution in [0.1, 0.15) is 50.4 Å². The number of nitrogens with one attached hydrogen (secondary N) is 2. The third-order valence-electron chi connectivity index (χ3n) is 5.50. The van der Waals surface area contributed by atoms with Gasteiger partial charge in [0.1, 0.15) is 29.3 Å². The molecule has 11 nitrogen and oxygen atoms in total. The summed E-state index contributed by atoms with van der Waals surface area (Å²) in [6.45, 7) is 11.2. The Hall–Kier alpha value is -0.697. The number of alkyl halides is 3. The van der Waals surface area contributed by atoms with Gasteiger partial charge in [0.25, 0.3) is 6.47 Å². The van der Waals surface area contributed by atoms with E-state index in [-0.39, 0.29) is 124 Å². The van der Waals surface area contributed by atoms with E-state index in [9.17, 15) is 14.7 Å². The van der Waals surface area contributed by atoms with Gasteiger partial charge in [-0.15, -0.1) is 23.2 Å². The predicted octanol–water partition coefficient (Wildman–Crippen LogP) is 3.51. The van der Waals surface area contributed by atoms with E-state index in [4.69, 9.17) is 47.5 Å². The van der Waals surface area contributed by atoms with Gasteiger partial charge in [0, 0.05) is 32.8 Å². The first-order valence-electron chi connectivity index (χ1n) is 14.9. The molecule has 0 fully saturated rings. The first kappa shape index (κ1) is 55.6. The minimum absolute atomic E-state index is 0. The Balaban J connectivity index is -0.000000356. The van der Waals surface area contributed by atoms with E-state index >= 15 is 0 Å². The van der Waals surface area contributed by atoms with Gasteiger partial charge in [-0.1, -0.05) is 71.9 Å². The van der Waals surface area contributed by atoms with E-state index < -0.39 is 23.4 Å². The second-order valence-corrected chi connectivity index (χ2v) is 13.2. The summed E-state index contributed by atoms with van der Waals surface area (Å²) in [7, 11) is 0. The monoisotopic (exact) mass is 878 g/mol. The summed E-state index contributed by atoms with van der Waals surface area (Å²) < 4.78 is 16.1. The first-order valence-corrected chi connectivity index (χ1v) is 17.0. The molecule has 0 spiro atoms. The zero-order chi connectivity index (χ0) is 37.0. The molecule has 0 saturated carbocycles. The number of amides is 2. The summed E-state index contributed by atoms with van der Waals surface area (Å²) in [5.41, 5.74) is 0.214. The van der Waals surface area contributed by atoms with Crippen LogP contribution in [-0.2, 0) is 19.2 Å². The summed E-state index contributed by atoms with van der Waals surface area (Å²) in [6, 6.07) is 21.8. The number of anilines is 2. The number of benzene rings is 4. The Kier molecular flexibility index (Phi) is 31.6. The molecule has 0 radical (unpaired) electrons. The van der Waals surface area contributed by atoms with Crippen molar-refractivity contribution in [2.75, 3.05) is 34.3 Å². The van der Waals surface area contributed by atoms with Crippen LogP contribution in [0.25, 0.3) is 21.5 Å². The van der Waals surface area contributed by atoms with Crippen molar-refractivity contribution in [3.05, 3.63) is 72.8 Å². The second-order valence-electron chi connectivity index (χ2n) is 11.7. The largest absolute Gasteiger partial charge is 1.00 e. The maximum Gasteiger partial charge on any atom is 1.00 e. The standard InChI is InChI=1S/C17H20ClNO3.C15H17NO3.C2H4BrCl.CH2O3.CH4.2K.H/c1-17(2,3)22-16(20)19-14-8-9-15(21-11-10-18)13-7-5-4-6-12(13)14;1-15(2,3)19-14(18)16-12-8-9-13(17)11-7-5-4-6-10(11)12;3-1-2-4;2-1-4-3;;;;/h4-9H,10-11H2,1-3H3,(H,19,20);4-9,17H,1-3H3,(H,16,18);1-2H2;1,3H;1H4;;;/q;;;;;2*+1;-1/p-1. The molecular formula is C36H47BrCl2K2N2O9. The van der Waals surface area contributed by atoms with Gasteiger partial charge in [-0.3, -0.25) is 15.4 Å². The van der Waals surface area contributed by atoms with Gasteiger partial charge in [0.15, 0.2) is 0 Å². The van der Waals surface area contributed by atoms with Crippen LogP contribution in [0.3, 0.4) is 0 Å². The fourth-order valence-corrected chi connectivity index (χ4v) is 3.95. The summed E-state index contributed by atoms with van der Waals surface area (Å²) in [6.07, 6.45) is -0.990. The van der Waals surface area contributed by atoms with Crippen LogP contribution >= 0.6 is 39.1 Å². The van der Waals surface area contributed by atoms with E-state index in [1.165, 1.54) is 0 Å². The van der Waals surface area contributed by atoms with E-state index in [1.807, 2.05) is 90.1 Å². The van der Waals surface area contributed by atoms with Crippen LogP contribution in [0.2, 0.25) is 0 Å². The van der Waals surface area contributed by atoms with Crippen LogP contribution < -0.4 is 123 Å². The number of carbonyl (C=O) groups excluding carboxylic acids is 3. The van der Waals surface area contributed by atoms with Gasteiger partial charge < -0.3 is 30.9 Å². The molecule has 0 heterocycles. The van der Waals surface area contributed by atoms with Crippen molar-refractivity contribution >= 4 is 90.7 Å². The Morgan fingerprint density at radius 2 is 1.15 bits per heavy atom. The fourth-order valence-electron chi connectivity index (χ4n) is 3.87. The zero-order valence-corrected chi connectivity index (χ0v) is 39.5. The number of rotatable bonds is 7. The van der Waals surface area contributed by atoms with Gasteiger partial charge >= 0.3 is 115 Å². The van der Waals surface area contributed by atoms with E-state index in [1.54, 1.807) is 24.3 Å². The molecule has 2 amide bonds. The normalized spacial score (nSPS) is 9.88. The number of hydrogen-bond acceptors (Lipinski definition) is 9. The van der Waals surface area contributed by atoms with Crippen molar-refractivity contribution in [1.82, 2.24) is 0 Å². The van der Waals surface area contributed by atoms with E-state index in [0.29, 0.717) is 35.1 Å². The summed E-state index contributed by atoms with van der Waals surface area (Å²) in [5.74, 6) is 2.06. The number of aromatic hydroxyl groups is 1. The molecule has 0 atom stereocenters.